The van der Waals surface area contributed by atoms with Crippen LogP contribution in [0.2, 0.25) is 0 Å². The van der Waals surface area contributed by atoms with Gasteiger partial charge in [0.05, 0.1) is 5.69 Å². The Hall–Kier alpha value is -2.45. The van der Waals surface area contributed by atoms with Crippen molar-refractivity contribution in [2.24, 2.45) is 0 Å². The summed E-state index contributed by atoms with van der Waals surface area (Å²) in [5, 5.41) is 3.47. The van der Waals surface area contributed by atoms with Crippen molar-refractivity contribution < 1.29 is 0 Å². The van der Waals surface area contributed by atoms with Crippen LogP contribution in [0.5, 0.6) is 0 Å². The molecule has 22 heavy (non-hydrogen) atoms. The van der Waals surface area contributed by atoms with Crippen molar-refractivity contribution in [3.63, 3.8) is 0 Å². The van der Waals surface area contributed by atoms with E-state index in [1.165, 1.54) is 27.9 Å². The molecule has 1 aromatic heterocycles. The fraction of sp³-hybridized carbons (Fsp3) is 0.150. The van der Waals surface area contributed by atoms with Crippen molar-refractivity contribution in [1.29, 1.82) is 0 Å². The first-order valence-corrected chi connectivity index (χ1v) is 7.76. The minimum Gasteiger partial charge on any atom is -0.312 e. The van der Waals surface area contributed by atoms with Gasteiger partial charge in [-0.25, -0.2) is 0 Å². The number of rotatable bonds is 2. The van der Waals surface area contributed by atoms with E-state index in [0.717, 1.165) is 25.2 Å². The molecule has 2 nitrogen and oxygen atoms in total. The second kappa shape index (κ2) is 5.74. The van der Waals surface area contributed by atoms with Crippen molar-refractivity contribution in [3.8, 4) is 22.4 Å². The maximum absolute atomic E-state index is 4.93. The summed E-state index contributed by atoms with van der Waals surface area (Å²) in [6.45, 7) is 1.91. The fourth-order valence-corrected chi connectivity index (χ4v) is 3.08. The predicted molar refractivity (Wildman–Crippen MR) is 90.5 cm³/mol. The molecule has 0 bridgehead atoms. The summed E-state index contributed by atoms with van der Waals surface area (Å²) < 4.78 is 0. The maximum Gasteiger partial charge on any atom is 0.0711 e. The summed E-state index contributed by atoms with van der Waals surface area (Å²) in [6, 6.07) is 23.3. The Balaban J connectivity index is 1.92. The zero-order chi connectivity index (χ0) is 14.8. The van der Waals surface area contributed by atoms with Gasteiger partial charge in [0.15, 0.2) is 0 Å². The third kappa shape index (κ3) is 2.42. The number of aromatic nitrogens is 1. The number of nitrogens with one attached hydrogen (secondary N) is 1. The highest BCUT2D eigenvalue weighted by molar-refractivity contribution is 5.74. The molecule has 0 fully saturated rings. The van der Waals surface area contributed by atoms with Crippen molar-refractivity contribution in [3.05, 3.63) is 78.0 Å². The van der Waals surface area contributed by atoms with E-state index < -0.39 is 0 Å². The van der Waals surface area contributed by atoms with Gasteiger partial charge in [-0.3, -0.25) is 4.98 Å². The Bertz CT molecular complexity index is 780. The van der Waals surface area contributed by atoms with E-state index in [0.29, 0.717) is 0 Å². The molecule has 0 aliphatic carbocycles. The number of fused-ring (bicyclic) bond motifs is 1. The Morgan fingerprint density at radius 1 is 0.818 bits per heavy atom. The van der Waals surface area contributed by atoms with E-state index in [-0.39, 0.29) is 0 Å². The smallest absolute Gasteiger partial charge is 0.0711 e. The predicted octanol–water partition coefficient (Wildman–Crippen LogP) is 4.06. The fourth-order valence-electron chi connectivity index (χ4n) is 3.08. The molecule has 2 aromatic carbocycles. The largest absolute Gasteiger partial charge is 0.312 e. The molecule has 1 aliphatic rings. The molecule has 0 radical (unpaired) electrons. The lowest BCUT2D eigenvalue weighted by Crippen LogP contribution is -2.25. The molecule has 3 aromatic rings. The molecular formula is C20H18N2. The molecule has 0 spiro atoms. The first-order chi connectivity index (χ1) is 10.9. The summed E-state index contributed by atoms with van der Waals surface area (Å²) in [5.74, 6) is 0. The van der Waals surface area contributed by atoms with E-state index in [2.05, 4.69) is 66.0 Å². The van der Waals surface area contributed by atoms with Crippen LogP contribution in [-0.2, 0) is 13.0 Å². The summed E-state index contributed by atoms with van der Waals surface area (Å²) in [4.78, 5) is 4.93. The maximum atomic E-state index is 4.93. The summed E-state index contributed by atoms with van der Waals surface area (Å²) in [5.41, 5.74) is 7.40. The number of nitrogens with zero attached hydrogens (tertiary/aromatic N) is 1. The van der Waals surface area contributed by atoms with Crippen molar-refractivity contribution >= 4 is 0 Å². The van der Waals surface area contributed by atoms with Crippen LogP contribution < -0.4 is 5.32 Å². The van der Waals surface area contributed by atoms with E-state index in [9.17, 15) is 0 Å². The van der Waals surface area contributed by atoms with E-state index in [4.69, 9.17) is 4.98 Å². The molecule has 0 amide bonds. The first kappa shape index (κ1) is 13.2. The Kier molecular flexibility index (Phi) is 3.45. The molecule has 1 N–H and O–H groups in total. The molecule has 0 saturated carbocycles. The second-order valence-electron chi connectivity index (χ2n) is 5.64. The van der Waals surface area contributed by atoms with Gasteiger partial charge < -0.3 is 5.32 Å². The Morgan fingerprint density at radius 2 is 1.50 bits per heavy atom. The Labute approximate surface area is 130 Å². The number of hydrogen-bond donors (Lipinski definition) is 1. The normalized spacial score (nSPS) is 13.6. The summed E-state index contributed by atoms with van der Waals surface area (Å²) in [7, 11) is 0. The molecule has 4 rings (SSSR count). The van der Waals surface area contributed by atoms with E-state index >= 15 is 0 Å². The van der Waals surface area contributed by atoms with Gasteiger partial charge in [-0.1, -0.05) is 60.7 Å². The highest BCUT2D eigenvalue weighted by Crippen LogP contribution is 2.31. The molecule has 2 heterocycles. The SMILES string of the molecule is c1ccc(-c2cc(-c3ccccc3)c3c(n2)CCNC3)cc1. The van der Waals surface area contributed by atoms with E-state index in [1.807, 2.05) is 6.07 Å². The lowest BCUT2D eigenvalue weighted by Gasteiger charge is -2.21. The van der Waals surface area contributed by atoms with Gasteiger partial charge in [0, 0.05) is 30.8 Å². The molecular weight excluding hydrogens is 268 g/mol. The molecule has 0 saturated heterocycles. The number of pyridine rings is 1. The minimum atomic E-state index is 0.904. The number of hydrogen-bond acceptors (Lipinski definition) is 2. The van der Waals surface area contributed by atoms with Crippen LogP contribution in [0, 0.1) is 0 Å². The van der Waals surface area contributed by atoms with Crippen LogP contribution in [0.15, 0.2) is 66.7 Å². The Morgan fingerprint density at radius 3 is 2.23 bits per heavy atom. The first-order valence-electron chi connectivity index (χ1n) is 7.76. The van der Waals surface area contributed by atoms with Crippen LogP contribution in [0.25, 0.3) is 22.4 Å². The number of benzene rings is 2. The third-order valence-corrected chi connectivity index (χ3v) is 4.20. The standard InChI is InChI=1S/C20H18N2/c1-3-7-15(8-4-1)17-13-20(16-9-5-2-6-10-16)22-19-11-12-21-14-18(17)19/h1-10,13,21H,11-12,14H2. The zero-order valence-electron chi connectivity index (χ0n) is 12.4. The van der Waals surface area contributed by atoms with Gasteiger partial charge in [0.1, 0.15) is 0 Å². The second-order valence-corrected chi connectivity index (χ2v) is 5.64. The lowest BCUT2D eigenvalue weighted by atomic mass is 9.94. The van der Waals surface area contributed by atoms with Gasteiger partial charge in [0.25, 0.3) is 0 Å². The average molecular weight is 286 g/mol. The summed E-state index contributed by atoms with van der Waals surface area (Å²) >= 11 is 0. The zero-order valence-corrected chi connectivity index (χ0v) is 12.4. The molecule has 108 valence electrons. The van der Waals surface area contributed by atoms with Crippen molar-refractivity contribution in [1.82, 2.24) is 10.3 Å². The van der Waals surface area contributed by atoms with Crippen LogP contribution in [0.3, 0.4) is 0 Å². The molecule has 0 atom stereocenters. The summed E-state index contributed by atoms with van der Waals surface area (Å²) in [6.07, 6.45) is 0.996. The van der Waals surface area contributed by atoms with Crippen molar-refractivity contribution in [2.75, 3.05) is 6.54 Å². The highest BCUT2D eigenvalue weighted by Gasteiger charge is 2.17. The van der Waals surface area contributed by atoms with Gasteiger partial charge in [-0.15, -0.1) is 0 Å². The van der Waals surface area contributed by atoms with Crippen LogP contribution >= 0.6 is 0 Å². The van der Waals surface area contributed by atoms with Gasteiger partial charge in [-0.05, 0) is 22.8 Å². The molecule has 0 unspecified atom stereocenters. The minimum absolute atomic E-state index is 0.904. The quantitative estimate of drug-likeness (QED) is 0.768. The van der Waals surface area contributed by atoms with Crippen LogP contribution in [-0.4, -0.2) is 11.5 Å². The van der Waals surface area contributed by atoms with Crippen LogP contribution in [0.1, 0.15) is 11.3 Å². The molecule has 2 heteroatoms. The van der Waals surface area contributed by atoms with Gasteiger partial charge >= 0.3 is 0 Å². The lowest BCUT2D eigenvalue weighted by molar-refractivity contribution is 0.632. The molecule has 1 aliphatic heterocycles. The van der Waals surface area contributed by atoms with Gasteiger partial charge in [-0.2, -0.15) is 0 Å². The van der Waals surface area contributed by atoms with Crippen LogP contribution in [0.4, 0.5) is 0 Å². The highest BCUT2D eigenvalue weighted by atomic mass is 14.9. The van der Waals surface area contributed by atoms with Crippen molar-refractivity contribution in [2.45, 2.75) is 13.0 Å². The average Bonchev–Trinajstić information content (AvgIpc) is 2.62. The third-order valence-electron chi connectivity index (χ3n) is 4.20. The van der Waals surface area contributed by atoms with E-state index in [1.54, 1.807) is 0 Å². The van der Waals surface area contributed by atoms with Gasteiger partial charge in [0.2, 0.25) is 0 Å². The monoisotopic (exact) mass is 286 g/mol. The topological polar surface area (TPSA) is 24.9 Å².